The molecule has 66 valence electrons. The van der Waals surface area contributed by atoms with Gasteiger partial charge in [0, 0.05) is 5.54 Å². The molecule has 0 saturated heterocycles. The van der Waals surface area contributed by atoms with Crippen molar-refractivity contribution in [2.45, 2.75) is 25.8 Å². The van der Waals surface area contributed by atoms with E-state index in [1.165, 1.54) is 12.4 Å². The van der Waals surface area contributed by atoms with Crippen LogP contribution in [0.3, 0.4) is 0 Å². The normalized spacial score (nSPS) is 11.6. The van der Waals surface area contributed by atoms with E-state index in [4.69, 9.17) is 5.73 Å². The van der Waals surface area contributed by atoms with E-state index in [1.54, 1.807) is 6.20 Å². The van der Waals surface area contributed by atoms with Gasteiger partial charge in [0.15, 0.2) is 6.20 Å². The minimum atomic E-state index is -0.366. The fourth-order valence-electron chi connectivity index (χ4n) is 0.971. The molecule has 0 atom stereocenters. The summed E-state index contributed by atoms with van der Waals surface area (Å²) in [4.78, 5) is 3.85. The molecule has 0 aliphatic rings. The lowest BCUT2D eigenvalue weighted by Gasteiger charge is -2.16. The average Bonchev–Trinajstić information content (AvgIpc) is 1.91. The van der Waals surface area contributed by atoms with Crippen LogP contribution in [0.4, 0.5) is 0 Å². The monoisotopic (exact) mass is 167 g/mol. The van der Waals surface area contributed by atoms with Crippen molar-refractivity contribution < 1.29 is 4.73 Å². The third-order valence-electron chi connectivity index (χ3n) is 1.43. The first-order chi connectivity index (χ1) is 5.49. The number of hydrogen-bond donors (Lipinski definition) is 1. The van der Waals surface area contributed by atoms with E-state index >= 15 is 0 Å². The highest BCUT2D eigenvalue weighted by molar-refractivity contribution is 4.94. The van der Waals surface area contributed by atoms with Crippen molar-refractivity contribution in [3.8, 4) is 0 Å². The molecule has 0 amide bonds. The van der Waals surface area contributed by atoms with Crippen molar-refractivity contribution in [3.63, 3.8) is 0 Å². The highest BCUT2D eigenvalue weighted by atomic mass is 16.5. The first-order valence-electron chi connectivity index (χ1n) is 3.80. The Morgan fingerprint density at radius 2 is 2.33 bits per heavy atom. The Morgan fingerprint density at radius 3 is 2.83 bits per heavy atom. The zero-order valence-corrected chi connectivity index (χ0v) is 7.32. The molecule has 0 bridgehead atoms. The molecular formula is C8H13N3O. The van der Waals surface area contributed by atoms with Crippen LogP contribution in [0.1, 0.15) is 19.5 Å². The minimum Gasteiger partial charge on any atom is -0.618 e. The summed E-state index contributed by atoms with van der Waals surface area (Å²) in [5.74, 6) is 0. The SMILES string of the molecule is CC(C)(N)Cc1cncc[n+]1[O-]. The lowest BCUT2D eigenvalue weighted by atomic mass is 10.0. The summed E-state index contributed by atoms with van der Waals surface area (Å²) in [6, 6.07) is 0. The molecule has 2 N–H and O–H groups in total. The number of hydrogen-bond acceptors (Lipinski definition) is 3. The van der Waals surface area contributed by atoms with Gasteiger partial charge in [-0.1, -0.05) is 0 Å². The summed E-state index contributed by atoms with van der Waals surface area (Å²) in [6.45, 7) is 3.75. The van der Waals surface area contributed by atoms with Crippen LogP contribution in [-0.4, -0.2) is 10.5 Å². The molecule has 0 fully saturated rings. The van der Waals surface area contributed by atoms with E-state index in [-0.39, 0.29) is 5.54 Å². The molecule has 0 unspecified atom stereocenters. The van der Waals surface area contributed by atoms with Crippen molar-refractivity contribution in [2.75, 3.05) is 0 Å². The van der Waals surface area contributed by atoms with Gasteiger partial charge in [-0.2, -0.15) is 4.73 Å². The molecule has 1 rings (SSSR count). The van der Waals surface area contributed by atoms with E-state index < -0.39 is 0 Å². The van der Waals surface area contributed by atoms with Gasteiger partial charge >= 0.3 is 0 Å². The van der Waals surface area contributed by atoms with Crippen molar-refractivity contribution in [1.82, 2.24) is 4.98 Å². The maximum atomic E-state index is 11.1. The standard InChI is InChI=1S/C8H13N3O/c1-8(2,9)5-7-6-10-3-4-11(7)12/h3-4,6H,5,9H2,1-2H3. The lowest BCUT2D eigenvalue weighted by Crippen LogP contribution is -2.41. The Labute approximate surface area is 71.6 Å². The predicted octanol–water partition coefficient (Wildman–Crippen LogP) is -0.00520. The first kappa shape index (κ1) is 8.93. The van der Waals surface area contributed by atoms with Crippen molar-refractivity contribution >= 4 is 0 Å². The van der Waals surface area contributed by atoms with Gasteiger partial charge in [0.05, 0.1) is 18.8 Å². The summed E-state index contributed by atoms with van der Waals surface area (Å²) < 4.78 is 0.793. The third-order valence-corrected chi connectivity index (χ3v) is 1.43. The Morgan fingerprint density at radius 1 is 1.67 bits per heavy atom. The molecule has 1 heterocycles. The zero-order chi connectivity index (χ0) is 9.19. The second-order valence-electron chi connectivity index (χ2n) is 3.56. The van der Waals surface area contributed by atoms with Gasteiger partial charge < -0.3 is 10.9 Å². The highest BCUT2D eigenvalue weighted by Gasteiger charge is 2.17. The molecule has 12 heavy (non-hydrogen) atoms. The number of nitrogens with two attached hydrogens (primary N) is 1. The summed E-state index contributed by atoms with van der Waals surface area (Å²) in [7, 11) is 0. The zero-order valence-electron chi connectivity index (χ0n) is 7.32. The van der Waals surface area contributed by atoms with Gasteiger partial charge in [0.2, 0.25) is 5.69 Å². The highest BCUT2D eigenvalue weighted by Crippen LogP contribution is 2.03. The van der Waals surface area contributed by atoms with Gasteiger partial charge in [-0.05, 0) is 13.8 Å². The molecule has 4 heteroatoms. The quantitative estimate of drug-likeness (QED) is 0.498. The van der Waals surface area contributed by atoms with Crippen LogP contribution < -0.4 is 10.5 Å². The topological polar surface area (TPSA) is 65.8 Å². The van der Waals surface area contributed by atoms with Crippen LogP contribution in [0.5, 0.6) is 0 Å². The Bertz CT molecular complexity index is 267. The third kappa shape index (κ3) is 2.47. The van der Waals surface area contributed by atoms with E-state index in [0.29, 0.717) is 12.1 Å². The lowest BCUT2D eigenvalue weighted by molar-refractivity contribution is -0.615. The van der Waals surface area contributed by atoms with E-state index in [0.717, 1.165) is 4.73 Å². The molecule has 1 aromatic rings. The first-order valence-corrected chi connectivity index (χ1v) is 3.80. The van der Waals surface area contributed by atoms with Crippen LogP contribution in [-0.2, 0) is 6.42 Å². The second kappa shape index (κ2) is 3.06. The van der Waals surface area contributed by atoms with Crippen molar-refractivity contribution in [1.29, 1.82) is 0 Å². The average molecular weight is 167 g/mol. The van der Waals surface area contributed by atoms with Crippen LogP contribution in [0.15, 0.2) is 18.6 Å². The van der Waals surface area contributed by atoms with E-state index in [2.05, 4.69) is 4.98 Å². The molecule has 4 nitrogen and oxygen atoms in total. The number of aromatic nitrogens is 2. The fraction of sp³-hybridized carbons (Fsp3) is 0.500. The number of nitrogens with zero attached hydrogens (tertiary/aromatic N) is 2. The smallest absolute Gasteiger partial charge is 0.212 e. The van der Waals surface area contributed by atoms with E-state index in [1.807, 2.05) is 13.8 Å². The van der Waals surface area contributed by atoms with Crippen LogP contribution in [0.2, 0.25) is 0 Å². The Kier molecular flexibility index (Phi) is 2.28. The molecule has 0 aromatic carbocycles. The maximum absolute atomic E-state index is 11.1. The molecule has 0 aliphatic carbocycles. The van der Waals surface area contributed by atoms with E-state index in [9.17, 15) is 5.21 Å². The van der Waals surface area contributed by atoms with Crippen molar-refractivity contribution in [3.05, 3.63) is 29.5 Å². The van der Waals surface area contributed by atoms with Gasteiger partial charge in [-0.25, -0.2) is 0 Å². The van der Waals surface area contributed by atoms with Gasteiger partial charge in [0.25, 0.3) is 0 Å². The molecule has 0 saturated carbocycles. The van der Waals surface area contributed by atoms with Crippen LogP contribution in [0.25, 0.3) is 0 Å². The molecule has 1 aromatic heterocycles. The molecule has 0 radical (unpaired) electrons. The molecule has 0 aliphatic heterocycles. The largest absolute Gasteiger partial charge is 0.618 e. The second-order valence-corrected chi connectivity index (χ2v) is 3.56. The van der Waals surface area contributed by atoms with Gasteiger partial charge in [-0.3, -0.25) is 4.98 Å². The van der Waals surface area contributed by atoms with Crippen LogP contribution >= 0.6 is 0 Å². The predicted molar refractivity (Wildman–Crippen MR) is 45.2 cm³/mol. The molecule has 0 spiro atoms. The Balaban J connectivity index is 2.83. The van der Waals surface area contributed by atoms with Crippen LogP contribution in [0, 0.1) is 5.21 Å². The summed E-state index contributed by atoms with van der Waals surface area (Å²) in [5.41, 5.74) is 5.99. The van der Waals surface area contributed by atoms with Crippen molar-refractivity contribution in [2.24, 2.45) is 5.73 Å². The van der Waals surface area contributed by atoms with Gasteiger partial charge in [-0.15, -0.1) is 0 Å². The van der Waals surface area contributed by atoms with Gasteiger partial charge in [0.1, 0.15) is 0 Å². The number of rotatable bonds is 2. The Hall–Kier alpha value is -1.16. The summed E-state index contributed by atoms with van der Waals surface area (Å²) in [5, 5.41) is 11.1. The fourth-order valence-corrected chi connectivity index (χ4v) is 0.971. The minimum absolute atomic E-state index is 0.366. The maximum Gasteiger partial charge on any atom is 0.212 e. The summed E-state index contributed by atoms with van der Waals surface area (Å²) in [6.07, 6.45) is 4.91. The molecular weight excluding hydrogens is 154 g/mol. The summed E-state index contributed by atoms with van der Waals surface area (Å²) >= 11 is 0.